The van der Waals surface area contributed by atoms with Gasteiger partial charge in [0.25, 0.3) is 0 Å². The van der Waals surface area contributed by atoms with Gasteiger partial charge in [-0.1, -0.05) is 11.8 Å². The first-order valence-corrected chi connectivity index (χ1v) is 8.99. The molecule has 0 aliphatic heterocycles. The lowest BCUT2D eigenvalue weighted by Crippen LogP contribution is -2.37. The molecule has 0 aromatic carbocycles. The molecule has 0 bridgehead atoms. The molecule has 1 fully saturated rings. The predicted molar refractivity (Wildman–Crippen MR) is 94.0 cm³/mol. The molecule has 3 rings (SSSR count). The van der Waals surface area contributed by atoms with E-state index in [9.17, 15) is 9.59 Å². The highest BCUT2D eigenvalue weighted by Gasteiger charge is 2.30. The first kappa shape index (κ1) is 17.4. The van der Waals surface area contributed by atoms with Gasteiger partial charge in [0.05, 0.1) is 12.3 Å². The summed E-state index contributed by atoms with van der Waals surface area (Å²) in [5, 5.41) is 11.9. The van der Waals surface area contributed by atoms with Crippen LogP contribution >= 0.6 is 11.8 Å². The molecule has 8 nitrogen and oxygen atoms in total. The summed E-state index contributed by atoms with van der Waals surface area (Å²) in [5.74, 6) is 0.631. The van der Waals surface area contributed by atoms with E-state index in [1.807, 2.05) is 12.1 Å². The Bertz CT molecular complexity index is 757. The van der Waals surface area contributed by atoms with Crippen molar-refractivity contribution < 1.29 is 9.59 Å². The van der Waals surface area contributed by atoms with E-state index in [4.69, 9.17) is 0 Å². The largest absolute Gasteiger partial charge is 0.347 e. The smallest absolute Gasteiger partial charge is 0.241 e. The predicted octanol–water partition coefficient (Wildman–Crippen LogP) is 0.971. The minimum Gasteiger partial charge on any atom is -0.347 e. The third-order valence-electron chi connectivity index (χ3n) is 3.76. The maximum atomic E-state index is 11.9. The van der Waals surface area contributed by atoms with Crippen LogP contribution in [0.25, 0.3) is 11.4 Å². The molecule has 1 aliphatic rings. The van der Waals surface area contributed by atoms with Gasteiger partial charge in [-0.3, -0.25) is 19.1 Å². The van der Waals surface area contributed by atoms with Gasteiger partial charge in [-0.15, -0.1) is 10.2 Å². The number of carbonyl (C=O) groups excluding carboxylic acids is 2. The molecule has 1 saturated carbocycles. The Morgan fingerprint density at radius 1 is 1.36 bits per heavy atom. The molecule has 9 heteroatoms. The zero-order valence-electron chi connectivity index (χ0n) is 14.2. The maximum absolute atomic E-state index is 11.9. The fourth-order valence-corrected chi connectivity index (χ4v) is 3.08. The van der Waals surface area contributed by atoms with Crippen molar-refractivity contribution in [3.05, 3.63) is 24.5 Å². The zero-order chi connectivity index (χ0) is 17.8. The molecule has 25 heavy (non-hydrogen) atoms. The quantitative estimate of drug-likeness (QED) is 0.740. The van der Waals surface area contributed by atoms with Crippen molar-refractivity contribution in [2.75, 3.05) is 26.4 Å². The van der Waals surface area contributed by atoms with Crippen LogP contribution in [0.5, 0.6) is 0 Å². The van der Waals surface area contributed by atoms with E-state index in [1.165, 1.54) is 16.7 Å². The van der Waals surface area contributed by atoms with Crippen LogP contribution in [0, 0.1) is 0 Å². The lowest BCUT2D eigenvalue weighted by Gasteiger charge is -2.11. The number of thioether (sulfide) groups is 1. The number of rotatable bonds is 7. The SMILES string of the molecule is CN(C)C(=O)CNC(=O)CSc1nnc(-c2cccnc2)n1C1CC1. The molecule has 0 atom stereocenters. The van der Waals surface area contributed by atoms with Crippen LogP contribution in [0.4, 0.5) is 0 Å². The van der Waals surface area contributed by atoms with Crippen LogP contribution in [0.15, 0.2) is 29.7 Å². The van der Waals surface area contributed by atoms with Crippen LogP contribution in [0.1, 0.15) is 18.9 Å². The number of carbonyl (C=O) groups is 2. The van der Waals surface area contributed by atoms with E-state index in [1.54, 1.807) is 26.5 Å². The molecule has 1 N–H and O–H groups in total. The molecular weight excluding hydrogens is 340 g/mol. The molecule has 1 aliphatic carbocycles. The maximum Gasteiger partial charge on any atom is 0.241 e. The molecule has 2 amide bonds. The van der Waals surface area contributed by atoms with Gasteiger partial charge in [0.2, 0.25) is 11.8 Å². The van der Waals surface area contributed by atoms with Gasteiger partial charge in [0.1, 0.15) is 0 Å². The topological polar surface area (TPSA) is 93.0 Å². The van der Waals surface area contributed by atoms with Gasteiger partial charge in [0.15, 0.2) is 11.0 Å². The molecule has 0 unspecified atom stereocenters. The van der Waals surface area contributed by atoms with Crippen molar-refractivity contribution >= 4 is 23.6 Å². The van der Waals surface area contributed by atoms with Crippen molar-refractivity contribution in [2.24, 2.45) is 0 Å². The van der Waals surface area contributed by atoms with E-state index in [0.717, 1.165) is 29.4 Å². The van der Waals surface area contributed by atoms with Gasteiger partial charge in [0, 0.05) is 38.1 Å². The van der Waals surface area contributed by atoms with Gasteiger partial charge in [-0.25, -0.2) is 0 Å². The summed E-state index contributed by atoms with van der Waals surface area (Å²) in [6, 6.07) is 4.19. The molecule has 0 saturated heterocycles. The Morgan fingerprint density at radius 2 is 2.16 bits per heavy atom. The van der Waals surface area contributed by atoms with Crippen molar-refractivity contribution in [3.63, 3.8) is 0 Å². The number of likely N-dealkylation sites (N-methyl/N-ethyl adjacent to an activating group) is 1. The van der Waals surface area contributed by atoms with Crippen molar-refractivity contribution in [3.8, 4) is 11.4 Å². The summed E-state index contributed by atoms with van der Waals surface area (Å²) in [4.78, 5) is 29.0. The summed E-state index contributed by atoms with van der Waals surface area (Å²) in [6.45, 7) is 0.00262. The van der Waals surface area contributed by atoms with Crippen LogP contribution in [-0.4, -0.2) is 62.9 Å². The van der Waals surface area contributed by atoms with Crippen molar-refractivity contribution in [2.45, 2.75) is 24.0 Å². The molecule has 0 spiro atoms. The highest BCUT2D eigenvalue weighted by atomic mass is 32.2. The van der Waals surface area contributed by atoms with Crippen molar-refractivity contribution in [1.82, 2.24) is 30.0 Å². The Hall–Kier alpha value is -2.42. The van der Waals surface area contributed by atoms with Crippen LogP contribution in [0.2, 0.25) is 0 Å². The summed E-state index contributed by atoms with van der Waals surface area (Å²) in [7, 11) is 3.31. The Labute approximate surface area is 150 Å². The standard InChI is InChI=1S/C16H20N6O2S/c1-21(2)14(24)9-18-13(23)10-25-16-20-19-15(22(16)12-5-6-12)11-4-3-7-17-8-11/h3-4,7-8,12H,5-6,9-10H2,1-2H3,(H,18,23). The first-order valence-electron chi connectivity index (χ1n) is 8.01. The average molecular weight is 360 g/mol. The highest BCUT2D eigenvalue weighted by Crippen LogP contribution is 2.40. The number of aromatic nitrogens is 4. The van der Waals surface area contributed by atoms with E-state index >= 15 is 0 Å². The van der Waals surface area contributed by atoms with Gasteiger partial charge < -0.3 is 10.2 Å². The molecule has 132 valence electrons. The van der Waals surface area contributed by atoms with Gasteiger partial charge in [-0.05, 0) is 25.0 Å². The number of pyridine rings is 1. The molecule has 2 aromatic rings. The molecule has 2 aromatic heterocycles. The number of hydrogen-bond acceptors (Lipinski definition) is 6. The summed E-state index contributed by atoms with van der Waals surface area (Å²) in [5.41, 5.74) is 0.912. The number of hydrogen-bond donors (Lipinski definition) is 1. The third kappa shape index (κ3) is 4.36. The van der Waals surface area contributed by atoms with E-state index < -0.39 is 0 Å². The highest BCUT2D eigenvalue weighted by molar-refractivity contribution is 7.99. The summed E-state index contributed by atoms with van der Waals surface area (Å²) < 4.78 is 2.08. The van der Waals surface area contributed by atoms with E-state index in [2.05, 4.69) is 25.1 Å². The Morgan fingerprint density at radius 3 is 2.80 bits per heavy atom. The van der Waals surface area contributed by atoms with Crippen LogP contribution < -0.4 is 5.32 Å². The third-order valence-corrected chi connectivity index (χ3v) is 4.71. The van der Waals surface area contributed by atoms with Gasteiger partial charge in [-0.2, -0.15) is 0 Å². The van der Waals surface area contributed by atoms with E-state index in [0.29, 0.717) is 6.04 Å². The zero-order valence-corrected chi connectivity index (χ0v) is 15.0. The second-order valence-electron chi connectivity index (χ2n) is 6.00. The Balaban J connectivity index is 1.64. The fourth-order valence-electron chi connectivity index (χ4n) is 2.24. The Kier molecular flexibility index (Phi) is 5.32. The van der Waals surface area contributed by atoms with Crippen LogP contribution in [0.3, 0.4) is 0 Å². The minimum atomic E-state index is -0.200. The second-order valence-corrected chi connectivity index (χ2v) is 6.95. The number of amides is 2. The van der Waals surface area contributed by atoms with Crippen LogP contribution in [-0.2, 0) is 9.59 Å². The lowest BCUT2D eigenvalue weighted by molar-refractivity contribution is -0.130. The minimum absolute atomic E-state index is 0.00262. The summed E-state index contributed by atoms with van der Waals surface area (Å²) in [6.07, 6.45) is 5.65. The normalized spacial score (nSPS) is 13.5. The van der Waals surface area contributed by atoms with Crippen molar-refractivity contribution in [1.29, 1.82) is 0 Å². The monoisotopic (exact) mass is 360 g/mol. The van der Waals surface area contributed by atoms with E-state index in [-0.39, 0.29) is 24.1 Å². The average Bonchev–Trinajstić information content (AvgIpc) is 3.37. The number of nitrogens with one attached hydrogen (secondary N) is 1. The molecule has 0 radical (unpaired) electrons. The fraction of sp³-hybridized carbons (Fsp3) is 0.438. The number of nitrogens with zero attached hydrogens (tertiary/aromatic N) is 5. The lowest BCUT2D eigenvalue weighted by atomic mass is 10.3. The van der Waals surface area contributed by atoms with Gasteiger partial charge >= 0.3 is 0 Å². The second kappa shape index (κ2) is 7.64. The molecular formula is C16H20N6O2S. The summed E-state index contributed by atoms with van der Waals surface area (Å²) >= 11 is 1.33. The molecule has 2 heterocycles. The first-order chi connectivity index (χ1) is 12.1.